The van der Waals surface area contributed by atoms with Crippen LogP contribution < -0.4 is 5.32 Å². The SMILES string of the molecule is COC(=O)c1ccc2c(c1)NC(=O)/C2=C\N(C)C. The van der Waals surface area contributed by atoms with Crippen LogP contribution in [0.25, 0.3) is 5.57 Å². The van der Waals surface area contributed by atoms with Crippen LogP contribution in [0.1, 0.15) is 15.9 Å². The van der Waals surface area contributed by atoms with Crippen LogP contribution in [-0.4, -0.2) is 38.0 Å². The fourth-order valence-corrected chi connectivity index (χ4v) is 1.83. The number of hydrogen-bond donors (Lipinski definition) is 1. The average Bonchev–Trinajstić information content (AvgIpc) is 2.63. The van der Waals surface area contributed by atoms with Crippen molar-refractivity contribution in [2.75, 3.05) is 26.5 Å². The third-order valence-electron chi connectivity index (χ3n) is 2.61. The molecule has 5 heteroatoms. The van der Waals surface area contributed by atoms with Gasteiger partial charge in [-0.2, -0.15) is 0 Å². The van der Waals surface area contributed by atoms with Crippen LogP contribution in [0.5, 0.6) is 0 Å². The molecule has 0 bridgehead atoms. The molecule has 18 heavy (non-hydrogen) atoms. The second-order valence-electron chi connectivity index (χ2n) is 4.21. The van der Waals surface area contributed by atoms with Crippen LogP contribution in [-0.2, 0) is 9.53 Å². The van der Waals surface area contributed by atoms with E-state index in [9.17, 15) is 9.59 Å². The van der Waals surface area contributed by atoms with Gasteiger partial charge in [0.15, 0.2) is 0 Å². The summed E-state index contributed by atoms with van der Waals surface area (Å²) in [4.78, 5) is 25.0. The number of esters is 1. The van der Waals surface area contributed by atoms with E-state index in [1.165, 1.54) is 7.11 Å². The van der Waals surface area contributed by atoms with Crippen LogP contribution in [0.3, 0.4) is 0 Å². The normalized spacial score (nSPS) is 15.3. The molecule has 0 saturated carbocycles. The van der Waals surface area contributed by atoms with E-state index in [4.69, 9.17) is 0 Å². The first kappa shape index (κ1) is 12.2. The van der Waals surface area contributed by atoms with E-state index in [0.717, 1.165) is 5.56 Å². The van der Waals surface area contributed by atoms with Gasteiger partial charge in [0.2, 0.25) is 0 Å². The lowest BCUT2D eigenvalue weighted by Gasteiger charge is -2.06. The molecule has 94 valence electrons. The van der Waals surface area contributed by atoms with Gasteiger partial charge in [-0.15, -0.1) is 0 Å². The van der Waals surface area contributed by atoms with E-state index in [1.54, 1.807) is 29.3 Å². The molecule has 1 heterocycles. The number of ether oxygens (including phenoxy) is 1. The summed E-state index contributed by atoms with van der Waals surface area (Å²) >= 11 is 0. The molecule has 0 aliphatic carbocycles. The Morgan fingerprint density at radius 1 is 1.39 bits per heavy atom. The van der Waals surface area contributed by atoms with Gasteiger partial charge < -0.3 is 15.0 Å². The third kappa shape index (κ3) is 2.07. The van der Waals surface area contributed by atoms with Crippen LogP contribution in [0.15, 0.2) is 24.4 Å². The zero-order valence-electron chi connectivity index (χ0n) is 10.5. The van der Waals surface area contributed by atoms with Gasteiger partial charge >= 0.3 is 5.97 Å². The second-order valence-corrected chi connectivity index (χ2v) is 4.21. The van der Waals surface area contributed by atoms with Gasteiger partial charge in [0.05, 0.1) is 18.2 Å². The molecule has 0 fully saturated rings. The first-order valence-corrected chi connectivity index (χ1v) is 5.45. The summed E-state index contributed by atoms with van der Waals surface area (Å²) in [5, 5.41) is 2.73. The molecule has 0 aromatic heterocycles. The standard InChI is InChI=1S/C13H14N2O3/c1-15(2)7-10-9-5-4-8(13(17)18-3)6-11(9)14-12(10)16/h4-7H,1-3H3,(H,14,16)/b10-7-. The van der Waals surface area contributed by atoms with Gasteiger partial charge in [-0.25, -0.2) is 4.79 Å². The quantitative estimate of drug-likeness (QED) is 0.631. The number of nitrogens with zero attached hydrogens (tertiary/aromatic N) is 1. The Hall–Kier alpha value is -2.30. The first-order chi connectivity index (χ1) is 8.52. The van der Waals surface area contributed by atoms with Crippen LogP contribution in [0, 0.1) is 0 Å². The lowest BCUT2D eigenvalue weighted by molar-refractivity contribution is -0.110. The van der Waals surface area contributed by atoms with Crippen molar-refractivity contribution in [3.63, 3.8) is 0 Å². The highest BCUT2D eigenvalue weighted by Crippen LogP contribution is 2.32. The van der Waals surface area contributed by atoms with E-state index >= 15 is 0 Å². The van der Waals surface area contributed by atoms with Crippen molar-refractivity contribution in [3.05, 3.63) is 35.5 Å². The maximum absolute atomic E-state index is 11.8. The fourth-order valence-electron chi connectivity index (χ4n) is 1.83. The Morgan fingerprint density at radius 3 is 2.72 bits per heavy atom. The average molecular weight is 246 g/mol. The minimum atomic E-state index is -0.419. The van der Waals surface area contributed by atoms with Crippen molar-refractivity contribution in [3.8, 4) is 0 Å². The molecule has 0 unspecified atom stereocenters. The van der Waals surface area contributed by atoms with Crippen LogP contribution >= 0.6 is 0 Å². The highest BCUT2D eigenvalue weighted by molar-refractivity contribution is 6.31. The smallest absolute Gasteiger partial charge is 0.337 e. The predicted octanol–water partition coefficient (Wildman–Crippen LogP) is 1.33. The minimum absolute atomic E-state index is 0.166. The Balaban J connectivity index is 2.44. The molecule has 0 spiro atoms. The maximum atomic E-state index is 11.8. The number of carbonyl (C=O) groups excluding carboxylic acids is 2. The van der Waals surface area contributed by atoms with Crippen LogP contribution in [0.4, 0.5) is 5.69 Å². The number of anilines is 1. The Labute approximate surface area is 105 Å². The minimum Gasteiger partial charge on any atom is -0.465 e. The van der Waals surface area contributed by atoms with Crippen molar-refractivity contribution in [2.45, 2.75) is 0 Å². The van der Waals surface area contributed by atoms with E-state index in [-0.39, 0.29) is 5.91 Å². The summed E-state index contributed by atoms with van der Waals surface area (Å²) in [5.41, 5.74) is 2.44. The van der Waals surface area contributed by atoms with Crippen molar-refractivity contribution >= 4 is 23.1 Å². The van der Waals surface area contributed by atoms with Gasteiger partial charge in [0.25, 0.3) is 5.91 Å². The lowest BCUT2D eigenvalue weighted by atomic mass is 10.1. The van der Waals surface area contributed by atoms with E-state index in [1.807, 2.05) is 14.1 Å². The number of amides is 1. The third-order valence-corrected chi connectivity index (χ3v) is 2.61. The number of methoxy groups -OCH3 is 1. The molecule has 1 N–H and O–H groups in total. The number of rotatable bonds is 2. The summed E-state index contributed by atoms with van der Waals surface area (Å²) in [6, 6.07) is 5.01. The van der Waals surface area contributed by atoms with Gasteiger partial charge in [-0.05, 0) is 12.1 Å². The molecular formula is C13H14N2O3. The lowest BCUT2D eigenvalue weighted by Crippen LogP contribution is -2.08. The summed E-state index contributed by atoms with van der Waals surface area (Å²) in [7, 11) is 5.02. The molecule has 0 saturated heterocycles. The molecule has 5 nitrogen and oxygen atoms in total. The molecule has 0 atom stereocenters. The molecule has 1 aromatic rings. The molecule has 1 amide bonds. The van der Waals surface area contributed by atoms with Gasteiger partial charge in [-0.3, -0.25) is 4.79 Å². The van der Waals surface area contributed by atoms with E-state index in [2.05, 4.69) is 10.1 Å². The van der Waals surface area contributed by atoms with Gasteiger partial charge in [-0.1, -0.05) is 6.07 Å². The molecule has 1 aliphatic rings. The predicted molar refractivity (Wildman–Crippen MR) is 68.1 cm³/mol. The number of fused-ring (bicyclic) bond motifs is 1. The summed E-state index contributed by atoms with van der Waals surface area (Å²) in [5.74, 6) is -0.585. The zero-order valence-corrected chi connectivity index (χ0v) is 10.5. The number of hydrogen-bond acceptors (Lipinski definition) is 4. The molecule has 2 rings (SSSR count). The highest BCUT2D eigenvalue weighted by Gasteiger charge is 2.25. The molecule has 1 aliphatic heterocycles. The van der Waals surface area contributed by atoms with Crippen LogP contribution in [0.2, 0.25) is 0 Å². The zero-order chi connectivity index (χ0) is 13.3. The van der Waals surface area contributed by atoms with Crippen molar-refractivity contribution in [1.82, 2.24) is 4.90 Å². The largest absolute Gasteiger partial charge is 0.465 e. The Kier molecular flexibility index (Phi) is 3.06. The van der Waals surface area contributed by atoms with Gasteiger partial charge in [0.1, 0.15) is 0 Å². The summed E-state index contributed by atoms with van der Waals surface area (Å²) < 4.78 is 4.64. The number of carbonyl (C=O) groups is 2. The van der Waals surface area contributed by atoms with E-state index in [0.29, 0.717) is 16.8 Å². The van der Waals surface area contributed by atoms with Crippen molar-refractivity contribution < 1.29 is 14.3 Å². The number of benzene rings is 1. The second kappa shape index (κ2) is 4.52. The van der Waals surface area contributed by atoms with Crippen molar-refractivity contribution in [2.24, 2.45) is 0 Å². The highest BCUT2D eigenvalue weighted by atomic mass is 16.5. The maximum Gasteiger partial charge on any atom is 0.337 e. The van der Waals surface area contributed by atoms with E-state index < -0.39 is 5.97 Å². The fraction of sp³-hybridized carbons (Fsp3) is 0.231. The topological polar surface area (TPSA) is 58.6 Å². The number of nitrogens with one attached hydrogen (secondary N) is 1. The van der Waals surface area contributed by atoms with Crippen molar-refractivity contribution in [1.29, 1.82) is 0 Å². The Morgan fingerprint density at radius 2 is 2.11 bits per heavy atom. The summed E-state index contributed by atoms with van der Waals surface area (Å²) in [6.07, 6.45) is 1.75. The molecular weight excluding hydrogens is 232 g/mol. The Bertz CT molecular complexity index is 547. The first-order valence-electron chi connectivity index (χ1n) is 5.45. The monoisotopic (exact) mass is 246 g/mol. The summed E-state index contributed by atoms with van der Waals surface area (Å²) in [6.45, 7) is 0. The molecule has 1 aromatic carbocycles. The van der Waals surface area contributed by atoms with Gasteiger partial charge in [0, 0.05) is 31.5 Å². The molecule has 0 radical (unpaired) electrons.